The Morgan fingerprint density at radius 1 is 1.30 bits per heavy atom. The van der Waals surface area contributed by atoms with E-state index in [0.717, 1.165) is 12.3 Å². The Labute approximate surface area is 120 Å². The summed E-state index contributed by atoms with van der Waals surface area (Å²) in [6.07, 6.45) is 3.61. The zero-order valence-electron chi connectivity index (χ0n) is 12.4. The van der Waals surface area contributed by atoms with Gasteiger partial charge in [-0.15, -0.1) is 0 Å². The average molecular weight is 269 g/mol. The predicted molar refractivity (Wildman–Crippen MR) is 84.5 cm³/mol. The molecule has 1 aromatic carbocycles. The van der Waals surface area contributed by atoms with E-state index in [-0.39, 0.29) is 6.04 Å². The molecule has 1 saturated heterocycles. The maximum absolute atomic E-state index is 5.96. The van der Waals surface area contributed by atoms with E-state index in [9.17, 15) is 0 Å². The molecular formula is C17H23N3. The van der Waals surface area contributed by atoms with Gasteiger partial charge in [0.25, 0.3) is 0 Å². The van der Waals surface area contributed by atoms with Crippen molar-refractivity contribution >= 4 is 16.7 Å². The van der Waals surface area contributed by atoms with Crippen LogP contribution >= 0.6 is 0 Å². The molecule has 3 heteroatoms. The van der Waals surface area contributed by atoms with Gasteiger partial charge in [0.1, 0.15) is 5.82 Å². The normalized spacial score (nSPS) is 19.6. The highest BCUT2D eigenvalue weighted by Crippen LogP contribution is 2.47. The molecular weight excluding hydrogens is 246 g/mol. The van der Waals surface area contributed by atoms with Crippen molar-refractivity contribution in [3.63, 3.8) is 0 Å². The van der Waals surface area contributed by atoms with E-state index in [1.807, 2.05) is 0 Å². The number of fused-ring (bicyclic) bond motifs is 3. The molecule has 0 spiro atoms. The van der Waals surface area contributed by atoms with Crippen molar-refractivity contribution in [1.82, 2.24) is 4.57 Å². The lowest BCUT2D eigenvalue weighted by molar-refractivity contribution is 0.469. The number of benzene rings is 1. The number of piperidine rings is 1. The van der Waals surface area contributed by atoms with E-state index in [4.69, 9.17) is 5.73 Å². The van der Waals surface area contributed by atoms with E-state index in [2.05, 4.69) is 41.6 Å². The second kappa shape index (κ2) is 4.26. The minimum Gasteiger partial charge on any atom is -0.358 e. The van der Waals surface area contributed by atoms with Gasteiger partial charge >= 0.3 is 0 Å². The maximum Gasteiger partial charge on any atom is 0.112 e. The molecule has 3 aliphatic heterocycles. The molecule has 0 radical (unpaired) electrons. The van der Waals surface area contributed by atoms with E-state index >= 15 is 0 Å². The summed E-state index contributed by atoms with van der Waals surface area (Å²) < 4.78 is 2.39. The van der Waals surface area contributed by atoms with Gasteiger partial charge in [-0.25, -0.2) is 0 Å². The Kier molecular flexibility index (Phi) is 2.61. The summed E-state index contributed by atoms with van der Waals surface area (Å²) in [4.78, 5) is 2.57. The van der Waals surface area contributed by atoms with Gasteiger partial charge in [0.2, 0.25) is 0 Å². The number of aryl methyl sites for hydroxylation is 1. The fourth-order valence-electron chi connectivity index (χ4n) is 4.17. The first-order valence-electron chi connectivity index (χ1n) is 7.77. The van der Waals surface area contributed by atoms with Crippen molar-refractivity contribution in [1.29, 1.82) is 0 Å². The molecule has 1 fully saturated rings. The lowest BCUT2D eigenvalue weighted by atomic mass is 9.84. The highest BCUT2D eigenvalue weighted by Gasteiger charge is 2.35. The van der Waals surface area contributed by atoms with Crippen LogP contribution in [0.25, 0.3) is 10.9 Å². The molecule has 20 heavy (non-hydrogen) atoms. The fraction of sp³-hybridized carbons (Fsp3) is 0.529. The number of nitrogens with zero attached hydrogens (tertiary/aromatic N) is 2. The fourth-order valence-corrected chi connectivity index (χ4v) is 4.17. The number of nitrogens with two attached hydrogens (primary N) is 1. The van der Waals surface area contributed by atoms with Crippen molar-refractivity contribution < 1.29 is 0 Å². The Hall–Kier alpha value is -1.48. The first kappa shape index (κ1) is 12.3. The van der Waals surface area contributed by atoms with Gasteiger partial charge in [-0.1, -0.05) is 6.07 Å². The van der Waals surface area contributed by atoms with Crippen molar-refractivity contribution in [3.05, 3.63) is 29.3 Å². The minimum absolute atomic E-state index is 0.229. The molecule has 2 aromatic rings. The summed E-state index contributed by atoms with van der Waals surface area (Å²) in [5, 5.41) is 1.47. The Morgan fingerprint density at radius 2 is 2.05 bits per heavy atom. The highest BCUT2D eigenvalue weighted by molar-refractivity contribution is 5.92. The van der Waals surface area contributed by atoms with Crippen molar-refractivity contribution in [3.8, 4) is 0 Å². The minimum atomic E-state index is 0.229. The third-order valence-electron chi connectivity index (χ3n) is 5.03. The van der Waals surface area contributed by atoms with Crippen LogP contribution in [0.4, 0.5) is 5.82 Å². The number of rotatable bonds is 2. The highest BCUT2D eigenvalue weighted by atomic mass is 15.3. The average Bonchev–Trinajstić information content (AvgIpc) is 2.75. The molecule has 2 N–H and O–H groups in total. The lowest BCUT2D eigenvalue weighted by Crippen LogP contribution is -2.39. The van der Waals surface area contributed by atoms with Gasteiger partial charge < -0.3 is 15.2 Å². The van der Waals surface area contributed by atoms with Gasteiger partial charge in [-0.05, 0) is 49.8 Å². The molecule has 0 aliphatic carbocycles. The van der Waals surface area contributed by atoms with Crippen LogP contribution in [-0.2, 0) is 13.5 Å². The van der Waals surface area contributed by atoms with Gasteiger partial charge in [0.05, 0.1) is 0 Å². The molecule has 1 unspecified atom stereocenters. The standard InChI is InChI=1S/C17H23N3/c1-11(18)9-12-3-4-15-14(10-12)16-13-5-7-20(8-6-13)17(16)19(15)2/h3-4,10-11,13H,5-9,18H2,1-2H3. The third kappa shape index (κ3) is 1.62. The molecule has 1 atom stereocenters. The van der Waals surface area contributed by atoms with Crippen LogP contribution < -0.4 is 10.6 Å². The summed E-state index contributed by atoms with van der Waals surface area (Å²) in [7, 11) is 2.22. The predicted octanol–water partition coefficient (Wildman–Crippen LogP) is 2.77. The Bertz CT molecular complexity index is 660. The van der Waals surface area contributed by atoms with Crippen LogP contribution in [0.15, 0.2) is 18.2 Å². The van der Waals surface area contributed by atoms with E-state index in [1.165, 1.54) is 48.2 Å². The largest absolute Gasteiger partial charge is 0.358 e. The SMILES string of the molecule is CC(N)Cc1ccc2c(c1)c1c(n2C)N2CCC1CC2. The second-order valence-electron chi connectivity index (χ2n) is 6.59. The molecule has 3 aliphatic rings. The molecule has 0 amide bonds. The molecule has 4 heterocycles. The first-order valence-corrected chi connectivity index (χ1v) is 7.77. The topological polar surface area (TPSA) is 34.2 Å². The first-order chi connectivity index (χ1) is 9.65. The van der Waals surface area contributed by atoms with E-state index in [0.29, 0.717) is 0 Å². The van der Waals surface area contributed by atoms with Crippen molar-refractivity contribution in [2.75, 3.05) is 18.0 Å². The summed E-state index contributed by atoms with van der Waals surface area (Å²) >= 11 is 0. The third-order valence-corrected chi connectivity index (χ3v) is 5.03. The molecule has 3 nitrogen and oxygen atoms in total. The van der Waals surface area contributed by atoms with Crippen molar-refractivity contribution in [2.45, 2.75) is 38.1 Å². The zero-order valence-corrected chi connectivity index (χ0v) is 12.4. The molecule has 2 bridgehead atoms. The van der Waals surface area contributed by atoms with Crippen LogP contribution in [0, 0.1) is 0 Å². The zero-order chi connectivity index (χ0) is 13.9. The van der Waals surface area contributed by atoms with Gasteiger partial charge in [-0.3, -0.25) is 0 Å². The summed E-state index contributed by atoms with van der Waals surface area (Å²) in [5.74, 6) is 2.24. The number of hydrogen-bond donors (Lipinski definition) is 1. The number of anilines is 1. The smallest absolute Gasteiger partial charge is 0.112 e. The van der Waals surface area contributed by atoms with E-state index < -0.39 is 0 Å². The molecule has 5 rings (SSSR count). The van der Waals surface area contributed by atoms with Gasteiger partial charge in [0, 0.05) is 42.6 Å². The van der Waals surface area contributed by atoms with Crippen LogP contribution in [0.2, 0.25) is 0 Å². The monoisotopic (exact) mass is 269 g/mol. The quantitative estimate of drug-likeness (QED) is 0.909. The Balaban J connectivity index is 1.93. The summed E-state index contributed by atoms with van der Waals surface area (Å²) in [5.41, 5.74) is 10.3. The van der Waals surface area contributed by atoms with Crippen LogP contribution in [0.5, 0.6) is 0 Å². The second-order valence-corrected chi connectivity index (χ2v) is 6.59. The molecule has 0 saturated carbocycles. The number of hydrogen-bond acceptors (Lipinski definition) is 2. The number of aromatic nitrogens is 1. The summed E-state index contributed by atoms with van der Waals surface area (Å²) in [6, 6.07) is 7.15. The maximum atomic E-state index is 5.96. The summed E-state index contributed by atoms with van der Waals surface area (Å²) in [6.45, 7) is 4.54. The van der Waals surface area contributed by atoms with Crippen LogP contribution in [0.1, 0.15) is 36.8 Å². The Morgan fingerprint density at radius 3 is 2.75 bits per heavy atom. The van der Waals surface area contributed by atoms with Crippen molar-refractivity contribution in [2.24, 2.45) is 12.8 Å². The van der Waals surface area contributed by atoms with Gasteiger partial charge in [0.15, 0.2) is 0 Å². The lowest BCUT2D eigenvalue weighted by Gasteiger charge is -2.41. The van der Waals surface area contributed by atoms with E-state index in [1.54, 1.807) is 5.56 Å². The van der Waals surface area contributed by atoms with Crippen LogP contribution in [0.3, 0.4) is 0 Å². The molecule has 1 aromatic heterocycles. The van der Waals surface area contributed by atoms with Crippen LogP contribution in [-0.4, -0.2) is 23.7 Å². The molecule has 106 valence electrons. The van der Waals surface area contributed by atoms with Gasteiger partial charge in [-0.2, -0.15) is 0 Å².